The van der Waals surface area contributed by atoms with E-state index >= 15 is 47.9 Å². The number of aliphatic carboxylic acids is 2. The van der Waals surface area contributed by atoms with Gasteiger partial charge in [-0.2, -0.15) is 0 Å². The molecule has 0 aliphatic carbocycles. The Morgan fingerprint density at radius 2 is 1.00 bits per heavy atom. The largest absolute Gasteiger partial charge is 0.481 e. The quantitative estimate of drug-likeness (QED) is 0.00772. The van der Waals surface area contributed by atoms with E-state index in [4.69, 9.17) is 33.8 Å². The average Bonchev–Trinajstić information content (AvgIpc) is 1.04. The van der Waals surface area contributed by atoms with Crippen molar-refractivity contribution in [2.24, 2.45) is 34.8 Å². The zero-order chi connectivity index (χ0) is 106. The molecule has 0 bridgehead atoms. The average molecular weight is 2040 g/mol. The number of amides is 17. The Kier molecular flexibility index (Phi) is 44.4. The maximum absolute atomic E-state index is 15.7. The van der Waals surface area contributed by atoms with Gasteiger partial charge in [-0.15, -0.1) is 0 Å². The maximum atomic E-state index is 15.7. The van der Waals surface area contributed by atoms with E-state index in [9.17, 15) is 58.5 Å². The van der Waals surface area contributed by atoms with Crippen LogP contribution in [0.5, 0.6) is 0 Å². The van der Waals surface area contributed by atoms with Gasteiger partial charge in [0.25, 0.3) is 0 Å². The van der Waals surface area contributed by atoms with E-state index < -0.39 is 296 Å². The molecule has 48 nitrogen and oxygen atoms in total. The molecule has 32 N–H and O–H groups in total. The van der Waals surface area contributed by atoms with Gasteiger partial charge >= 0.3 is 11.9 Å². The highest BCUT2D eigenvalue weighted by Crippen LogP contribution is 2.27. The van der Waals surface area contributed by atoms with Crippen molar-refractivity contribution in [1.29, 1.82) is 10.8 Å². The number of aliphatic hydroxyl groups is 1. The molecule has 0 saturated carbocycles. The number of guanidine groups is 2. The number of H-pyrrole nitrogens is 2. The summed E-state index contributed by atoms with van der Waals surface area (Å²) in [5.74, 6) is -25.9. The Labute approximate surface area is 834 Å². The number of carbonyl (C=O) groups is 19. The first-order valence-electron chi connectivity index (χ1n) is 46.5. The summed E-state index contributed by atoms with van der Waals surface area (Å²) >= 11 is 0. The van der Waals surface area contributed by atoms with E-state index in [-0.39, 0.29) is 57.3 Å². The number of nitrogens with one attached hydrogen (secondary N) is 21. The first-order valence-corrected chi connectivity index (χ1v) is 49.0. The summed E-state index contributed by atoms with van der Waals surface area (Å²) in [6, 6.07) is 6.00. The van der Waals surface area contributed by atoms with Crippen molar-refractivity contribution in [3.8, 4) is 0 Å². The number of carboxylic acids is 2. The number of carboxylic acid groups (broad SMARTS) is 2. The van der Waals surface area contributed by atoms with Crippen molar-refractivity contribution < 1.29 is 106 Å². The number of rotatable bonds is 38. The van der Waals surface area contributed by atoms with Gasteiger partial charge in [0.1, 0.15) is 84.6 Å². The van der Waals surface area contributed by atoms with Gasteiger partial charge in [-0.25, -0.2) is 4.98 Å². The molecule has 5 aromatic carbocycles. The van der Waals surface area contributed by atoms with Crippen LogP contribution >= 0.6 is 21.6 Å². The molecule has 0 spiro atoms. The highest BCUT2D eigenvalue weighted by Gasteiger charge is 2.41. The Bertz CT molecular complexity index is 5780. The molecular weight excluding hydrogens is 1910 g/mol. The highest BCUT2D eigenvalue weighted by molar-refractivity contribution is 8.76. The van der Waals surface area contributed by atoms with Gasteiger partial charge < -0.3 is 139 Å². The second-order valence-corrected chi connectivity index (χ2v) is 37.5. The lowest BCUT2D eigenvalue weighted by atomic mass is 9.96. The Hall–Kier alpha value is -15.5. The predicted octanol–water partition coefficient (Wildman–Crippen LogP) is -3.51. The summed E-state index contributed by atoms with van der Waals surface area (Å²) in [6.07, 6.45) is -3.31. The second kappa shape index (κ2) is 56.2. The zero-order valence-electron chi connectivity index (χ0n) is 80.0. The van der Waals surface area contributed by atoms with Crippen LogP contribution in [0.25, 0.3) is 32.4 Å². The van der Waals surface area contributed by atoms with Crippen LogP contribution in [0.3, 0.4) is 0 Å². The van der Waals surface area contributed by atoms with Crippen LogP contribution in [-0.2, 0) is 117 Å². The number of nitrogens with two attached hydrogens (primary N) is 4. The molecule has 50 heteroatoms. The van der Waals surface area contributed by atoms with Gasteiger partial charge in [0.15, 0.2) is 11.9 Å². The molecule has 2 aromatic heterocycles. The topological polar surface area (TPSA) is 786 Å². The summed E-state index contributed by atoms with van der Waals surface area (Å²) in [5, 5.41) is 93.0. The van der Waals surface area contributed by atoms with E-state index in [2.05, 4.69) is 105 Å². The predicted molar refractivity (Wildman–Crippen MR) is 531 cm³/mol. The van der Waals surface area contributed by atoms with E-state index in [1.54, 1.807) is 116 Å². The summed E-state index contributed by atoms with van der Waals surface area (Å²) in [5.41, 5.74) is 24.6. The molecule has 1 aliphatic heterocycles. The van der Waals surface area contributed by atoms with Crippen LogP contribution in [-0.4, -0.2) is 276 Å². The third kappa shape index (κ3) is 35.9. The second-order valence-electron chi connectivity index (χ2n) is 35.0. The van der Waals surface area contributed by atoms with Gasteiger partial charge in [-0.05, 0) is 102 Å². The molecule has 776 valence electrons. The van der Waals surface area contributed by atoms with Gasteiger partial charge in [0.05, 0.1) is 25.4 Å². The number of hydrogen-bond donors (Lipinski definition) is 28. The molecule has 0 radical (unpaired) electrons. The normalized spacial score (nSPS) is 20.6. The van der Waals surface area contributed by atoms with Crippen LogP contribution in [0.1, 0.15) is 128 Å². The third-order valence-corrected chi connectivity index (χ3v) is 25.9. The zero-order valence-corrected chi connectivity index (χ0v) is 81.7. The fraction of sp³-hybridized carbons (Fsp3) is 0.447. The molecule has 16 atom stereocenters. The fourth-order valence-corrected chi connectivity index (χ4v) is 18.0. The maximum Gasteiger partial charge on any atom is 0.305 e. The molecule has 3 heterocycles. The number of aliphatic hydroxyl groups excluding tert-OH is 1. The molecule has 1 saturated heterocycles. The lowest BCUT2D eigenvalue weighted by molar-refractivity contribution is -0.141. The summed E-state index contributed by atoms with van der Waals surface area (Å²) in [7, 11) is 1.45. The van der Waals surface area contributed by atoms with Gasteiger partial charge in [0.2, 0.25) is 100 Å². The first-order chi connectivity index (χ1) is 68.5. The number of carbonyl (C=O) groups excluding carboxylic acids is 17. The summed E-state index contributed by atoms with van der Waals surface area (Å²) in [6.45, 7) is 7.21. The fourth-order valence-electron chi connectivity index (χ4n) is 15.7. The van der Waals surface area contributed by atoms with Crippen LogP contribution in [0.4, 0.5) is 0 Å². The lowest BCUT2D eigenvalue weighted by Crippen LogP contribution is -2.62. The van der Waals surface area contributed by atoms with Gasteiger partial charge in [-0.1, -0.05) is 159 Å². The van der Waals surface area contributed by atoms with Crippen molar-refractivity contribution >= 4 is 178 Å². The molecule has 1 fully saturated rings. The number of benzene rings is 5. The molecule has 1 aliphatic rings. The van der Waals surface area contributed by atoms with Crippen molar-refractivity contribution in [2.45, 2.75) is 222 Å². The van der Waals surface area contributed by atoms with Gasteiger partial charge in [-0.3, -0.25) is 102 Å². The Morgan fingerprint density at radius 1 is 0.493 bits per heavy atom. The van der Waals surface area contributed by atoms with Crippen molar-refractivity contribution in [1.82, 2.24) is 105 Å². The first kappa shape index (κ1) is 114. The van der Waals surface area contributed by atoms with E-state index in [1.807, 2.05) is 0 Å². The van der Waals surface area contributed by atoms with E-state index in [0.29, 0.717) is 49.1 Å². The standard InChI is InChI=1S/C94H126N26O22S2/c1-7-48(4)77(119-84(134)62(29-17-35-103-94(99)100)109-82(132)63(107-50(6)122)31-33-74(125)126)92(142)117-71-45-144-143-44-70(90(140)120-78(49(5)121)79(96)129)116-81(131)61(28-16-34-102-93(97)98)110-87(137)68(39-56-42-101-46-106-56)113-85(135)66(36-53-22-14-20-51-18-8-10-24-57(51)53)108-73(124)43-105-80(130)65(38-55-41-104-60-27-13-12-26-59(55)60)112-88(138)69(40-75(127)128)114-83(133)64(30-32-72(95)123)111-86(136)67(115-91(141)76(47(2)3)118-89(71)139)37-54-23-15-21-52-19-9-11-25-58(52)54/h8-15,18-27,41-42,46-49,61-71,76-78,104,121H,7,16-17,28-40,43-45H2,1-6H3,(H2,95,123)(H2,96,129)(H,101,106)(H,105,130)(H,107,122)(H,108,124)(H,109,132)(H,110,137)(H,111,136)(H,112,138)(H,113,135)(H,114,133)(H,115,141)(H,116,131)(H,117,142)(H,118,139)(H,119,134)(H,120,140)(H,125,126)(H,127,128)(H4,97,98,102)(H4,99,100,103)/t48-,49+,61-,62-,63-,64-,65-,66-,67-,68-,69-,70-,71-,76-,77-,78-/m0/s1. The molecule has 144 heavy (non-hydrogen) atoms. The SMILES string of the molecule is CC[C@H](C)[C@H](NC(=O)[C@H](CCCNC(=N)N)NC(=O)[C@H](CCC(=O)O)NC(C)=O)C(=O)N[C@H]1CSSC[C@@H](C(=O)N[C@H](C(N)=O)[C@@H](C)O)NC(=O)[C@H](CCCNC(=N)N)NC(=O)[C@H](Cc2cnc[nH]2)NC(=O)[C@H](Cc2cccc3ccccc23)NC(=O)CNC(=O)[C@H](Cc2c[nH]c3ccccc23)NC(=O)[C@H](CC(=O)O)NC(=O)[C@H](CCC(N)=O)NC(=O)[C@H](Cc2cccc3ccccc23)NC(=O)[C@H](C(C)C)NC1=O. The number of imidazole rings is 1. The smallest absolute Gasteiger partial charge is 0.305 e. The van der Waals surface area contributed by atoms with E-state index in [0.717, 1.165) is 35.4 Å². The highest BCUT2D eigenvalue weighted by atomic mass is 33.1. The Morgan fingerprint density at radius 3 is 1.56 bits per heavy atom. The summed E-state index contributed by atoms with van der Waals surface area (Å²) in [4.78, 5) is 285. The van der Waals surface area contributed by atoms with Crippen LogP contribution in [0.15, 0.2) is 128 Å². The number of para-hydroxylation sites is 1. The Balaban J connectivity index is 1.28. The monoisotopic (exact) mass is 2030 g/mol. The number of aromatic nitrogens is 3. The molecule has 8 rings (SSSR count). The molecule has 7 aromatic rings. The molecule has 0 unspecified atom stereocenters. The minimum Gasteiger partial charge on any atom is -0.481 e. The minimum atomic E-state index is -2.14. The number of hydrogen-bond acceptors (Lipinski definition) is 25. The summed E-state index contributed by atoms with van der Waals surface area (Å²) < 4.78 is 0. The number of fused-ring (bicyclic) bond motifs is 3. The lowest BCUT2D eigenvalue weighted by Gasteiger charge is -2.30. The van der Waals surface area contributed by atoms with E-state index in [1.165, 1.54) is 39.5 Å². The van der Waals surface area contributed by atoms with Crippen molar-refractivity contribution in [3.63, 3.8) is 0 Å². The third-order valence-electron chi connectivity index (χ3n) is 23.5. The molecule has 17 amide bonds. The van der Waals surface area contributed by atoms with Crippen molar-refractivity contribution in [2.75, 3.05) is 31.1 Å². The van der Waals surface area contributed by atoms with Crippen LogP contribution < -0.4 is 113 Å². The number of primary amides is 2. The van der Waals surface area contributed by atoms with Crippen LogP contribution in [0, 0.1) is 22.7 Å². The van der Waals surface area contributed by atoms with Gasteiger partial charge in [0, 0.05) is 99.0 Å². The number of nitrogens with zero attached hydrogens (tertiary/aromatic N) is 1. The van der Waals surface area contributed by atoms with Crippen LogP contribution in [0.2, 0.25) is 0 Å². The molecular formula is C94H126N26O22S2. The minimum absolute atomic E-state index is 0.00293. The van der Waals surface area contributed by atoms with Crippen molar-refractivity contribution in [3.05, 3.63) is 150 Å². The number of aromatic amines is 2.